The van der Waals surface area contributed by atoms with Gasteiger partial charge in [0.15, 0.2) is 0 Å². The summed E-state index contributed by atoms with van der Waals surface area (Å²) in [5.41, 5.74) is 1.97. The Morgan fingerprint density at radius 3 is 2.55 bits per heavy atom. The van der Waals surface area contributed by atoms with Crippen LogP contribution in [0, 0.1) is 11.3 Å². The molecule has 29 heavy (non-hydrogen) atoms. The number of pyridine rings is 1. The van der Waals surface area contributed by atoms with Gasteiger partial charge in [0, 0.05) is 12.3 Å². The summed E-state index contributed by atoms with van der Waals surface area (Å²) in [6.45, 7) is 0.357. The molecule has 5 nitrogen and oxygen atoms in total. The van der Waals surface area contributed by atoms with Crippen molar-refractivity contribution in [3.63, 3.8) is 0 Å². The number of nitrogens with one attached hydrogen (secondary N) is 1. The largest absolute Gasteiger partial charge is 0.321 e. The summed E-state index contributed by atoms with van der Waals surface area (Å²) in [4.78, 5) is 25.1. The maximum atomic E-state index is 12.7. The molecule has 0 radical (unpaired) electrons. The normalized spacial score (nSPS) is 10.4. The summed E-state index contributed by atoms with van der Waals surface area (Å²) < 4.78 is 1.52. The van der Waals surface area contributed by atoms with Crippen LogP contribution in [-0.2, 0) is 6.54 Å². The SMILES string of the molecule is N#Cc1ccccc1NC(=O)c1ccc(=O)n(Cc2cccc3ccccc23)c1. The summed E-state index contributed by atoms with van der Waals surface area (Å²) in [6, 6.07) is 25.7. The summed E-state index contributed by atoms with van der Waals surface area (Å²) >= 11 is 0. The highest BCUT2D eigenvalue weighted by atomic mass is 16.2. The highest BCUT2D eigenvalue weighted by molar-refractivity contribution is 6.04. The number of nitrogens with zero attached hydrogens (tertiary/aromatic N) is 2. The quantitative estimate of drug-likeness (QED) is 0.578. The lowest BCUT2D eigenvalue weighted by Gasteiger charge is -2.11. The molecular formula is C24H17N3O2. The Morgan fingerprint density at radius 2 is 1.69 bits per heavy atom. The molecule has 0 saturated carbocycles. The molecule has 0 spiro atoms. The fourth-order valence-electron chi connectivity index (χ4n) is 3.29. The van der Waals surface area contributed by atoms with Gasteiger partial charge in [-0.2, -0.15) is 5.26 Å². The number of carbonyl (C=O) groups excluding carboxylic acids is 1. The van der Waals surface area contributed by atoms with E-state index in [1.807, 2.05) is 42.5 Å². The van der Waals surface area contributed by atoms with E-state index in [0.717, 1.165) is 16.3 Å². The lowest BCUT2D eigenvalue weighted by atomic mass is 10.0. The Labute approximate surface area is 167 Å². The summed E-state index contributed by atoms with van der Waals surface area (Å²) in [7, 11) is 0. The molecule has 1 amide bonds. The van der Waals surface area contributed by atoms with Gasteiger partial charge in [-0.15, -0.1) is 0 Å². The molecule has 4 rings (SSSR count). The van der Waals surface area contributed by atoms with Gasteiger partial charge in [0.1, 0.15) is 6.07 Å². The smallest absolute Gasteiger partial charge is 0.257 e. The lowest BCUT2D eigenvalue weighted by molar-refractivity contribution is 0.102. The van der Waals surface area contributed by atoms with E-state index in [-0.39, 0.29) is 11.5 Å². The van der Waals surface area contributed by atoms with Crippen molar-refractivity contribution in [2.75, 3.05) is 5.32 Å². The lowest BCUT2D eigenvalue weighted by Crippen LogP contribution is -2.22. The predicted octanol–water partition coefficient (Wildman–Crippen LogP) is 4.17. The third kappa shape index (κ3) is 3.78. The summed E-state index contributed by atoms with van der Waals surface area (Å²) in [6.07, 6.45) is 1.55. The van der Waals surface area contributed by atoms with Crippen LogP contribution in [0.1, 0.15) is 21.5 Å². The maximum absolute atomic E-state index is 12.7. The minimum Gasteiger partial charge on any atom is -0.321 e. The van der Waals surface area contributed by atoms with E-state index in [1.54, 1.807) is 30.5 Å². The molecule has 4 aromatic rings. The maximum Gasteiger partial charge on any atom is 0.257 e. The molecule has 140 valence electrons. The molecule has 0 aliphatic carbocycles. The van der Waals surface area contributed by atoms with Crippen molar-refractivity contribution < 1.29 is 4.79 Å². The molecule has 5 heteroatoms. The Morgan fingerprint density at radius 1 is 0.931 bits per heavy atom. The summed E-state index contributed by atoms with van der Waals surface area (Å²) in [5.74, 6) is -0.376. The molecule has 0 aliphatic heterocycles. The standard InChI is InChI=1S/C24H17N3O2/c25-14-18-7-2-4-11-22(18)26-24(29)20-12-13-23(28)27(16-20)15-19-9-5-8-17-6-1-3-10-21(17)19/h1-13,16H,15H2,(H,26,29). The molecule has 1 heterocycles. The Balaban J connectivity index is 1.65. The van der Waals surface area contributed by atoms with Gasteiger partial charge in [0.25, 0.3) is 11.5 Å². The number of carbonyl (C=O) groups is 1. The molecule has 0 atom stereocenters. The van der Waals surface area contributed by atoms with E-state index in [0.29, 0.717) is 23.4 Å². The van der Waals surface area contributed by atoms with Crippen LogP contribution in [-0.4, -0.2) is 10.5 Å². The second-order valence-electron chi connectivity index (χ2n) is 6.63. The molecule has 0 fully saturated rings. The number of para-hydroxylation sites is 1. The van der Waals surface area contributed by atoms with Gasteiger partial charge in [0.2, 0.25) is 0 Å². The van der Waals surface area contributed by atoms with Gasteiger partial charge in [0.05, 0.1) is 23.4 Å². The van der Waals surface area contributed by atoms with Crippen LogP contribution >= 0.6 is 0 Å². The van der Waals surface area contributed by atoms with E-state index in [4.69, 9.17) is 0 Å². The van der Waals surface area contributed by atoms with E-state index < -0.39 is 0 Å². The fourth-order valence-corrected chi connectivity index (χ4v) is 3.29. The van der Waals surface area contributed by atoms with E-state index in [9.17, 15) is 14.9 Å². The zero-order valence-corrected chi connectivity index (χ0v) is 15.5. The number of aromatic nitrogens is 1. The molecule has 0 bridgehead atoms. The van der Waals surface area contributed by atoms with Gasteiger partial charge in [-0.3, -0.25) is 9.59 Å². The van der Waals surface area contributed by atoms with Gasteiger partial charge < -0.3 is 9.88 Å². The van der Waals surface area contributed by atoms with Crippen LogP contribution in [0.15, 0.2) is 89.9 Å². The van der Waals surface area contributed by atoms with Crippen molar-refractivity contribution in [3.8, 4) is 6.07 Å². The minimum absolute atomic E-state index is 0.188. The number of amides is 1. The van der Waals surface area contributed by atoms with E-state index >= 15 is 0 Å². The van der Waals surface area contributed by atoms with Crippen LogP contribution in [0.5, 0.6) is 0 Å². The van der Waals surface area contributed by atoms with Gasteiger partial charge in [-0.05, 0) is 34.5 Å². The van der Waals surface area contributed by atoms with Crippen molar-refractivity contribution in [1.29, 1.82) is 5.26 Å². The zero-order chi connectivity index (χ0) is 20.2. The van der Waals surface area contributed by atoms with Crippen LogP contribution in [0.25, 0.3) is 10.8 Å². The Bertz CT molecular complexity index is 1310. The molecule has 0 saturated heterocycles. The predicted molar refractivity (Wildman–Crippen MR) is 113 cm³/mol. The van der Waals surface area contributed by atoms with Gasteiger partial charge in [-0.1, -0.05) is 54.6 Å². The van der Waals surface area contributed by atoms with Crippen LogP contribution in [0.2, 0.25) is 0 Å². The molecule has 0 unspecified atom stereocenters. The second kappa shape index (κ2) is 7.83. The molecule has 1 aromatic heterocycles. The number of hydrogen-bond acceptors (Lipinski definition) is 3. The average molecular weight is 379 g/mol. The highest BCUT2D eigenvalue weighted by Gasteiger charge is 2.11. The van der Waals surface area contributed by atoms with Crippen LogP contribution < -0.4 is 10.9 Å². The topological polar surface area (TPSA) is 74.9 Å². The van der Waals surface area contributed by atoms with Crippen molar-refractivity contribution >= 4 is 22.4 Å². The first-order valence-electron chi connectivity index (χ1n) is 9.13. The third-order valence-corrected chi connectivity index (χ3v) is 4.76. The zero-order valence-electron chi connectivity index (χ0n) is 15.5. The number of benzene rings is 3. The van der Waals surface area contributed by atoms with Crippen molar-refractivity contribution in [2.45, 2.75) is 6.54 Å². The van der Waals surface area contributed by atoms with Crippen molar-refractivity contribution in [3.05, 3.63) is 112 Å². The number of anilines is 1. The third-order valence-electron chi connectivity index (χ3n) is 4.76. The van der Waals surface area contributed by atoms with Crippen molar-refractivity contribution in [1.82, 2.24) is 4.57 Å². The van der Waals surface area contributed by atoms with E-state index in [1.165, 1.54) is 16.7 Å². The summed E-state index contributed by atoms with van der Waals surface area (Å²) in [5, 5.41) is 14.1. The molecule has 0 aliphatic rings. The van der Waals surface area contributed by atoms with Gasteiger partial charge >= 0.3 is 0 Å². The van der Waals surface area contributed by atoms with Gasteiger partial charge in [-0.25, -0.2) is 0 Å². The Kier molecular flexibility index (Phi) is 4.91. The highest BCUT2D eigenvalue weighted by Crippen LogP contribution is 2.19. The van der Waals surface area contributed by atoms with E-state index in [2.05, 4.69) is 11.4 Å². The molecule has 1 N–H and O–H groups in total. The molecular weight excluding hydrogens is 362 g/mol. The first kappa shape index (κ1) is 18.2. The second-order valence-corrected chi connectivity index (χ2v) is 6.63. The number of rotatable bonds is 4. The number of nitriles is 1. The number of hydrogen-bond donors (Lipinski definition) is 1. The van der Waals surface area contributed by atoms with Crippen LogP contribution in [0.3, 0.4) is 0 Å². The monoisotopic (exact) mass is 379 g/mol. The molecule has 3 aromatic carbocycles. The first-order valence-corrected chi connectivity index (χ1v) is 9.13. The van der Waals surface area contributed by atoms with Crippen molar-refractivity contribution in [2.24, 2.45) is 0 Å². The first-order chi connectivity index (χ1) is 14.2. The van der Waals surface area contributed by atoms with Crippen LogP contribution in [0.4, 0.5) is 5.69 Å². The number of fused-ring (bicyclic) bond motifs is 1. The average Bonchev–Trinajstić information content (AvgIpc) is 2.76. The fraction of sp³-hybridized carbons (Fsp3) is 0.0417. The Hall–Kier alpha value is -4.17. The minimum atomic E-state index is -0.376.